The first-order valence-corrected chi connectivity index (χ1v) is 7.95. The Bertz CT molecular complexity index is 1010. The minimum atomic E-state index is 0.365. The van der Waals surface area contributed by atoms with Crippen molar-refractivity contribution in [3.05, 3.63) is 89.1 Å². The molecule has 3 aromatic carbocycles. The van der Waals surface area contributed by atoms with Crippen LogP contribution < -0.4 is 4.73 Å². The third-order valence-electron chi connectivity index (χ3n) is 3.93. The van der Waals surface area contributed by atoms with Crippen LogP contribution in [-0.2, 0) is 0 Å². The lowest BCUT2D eigenvalue weighted by molar-refractivity contribution is -0.583. The molecular formula is C20H13ClN2O. The van der Waals surface area contributed by atoms with E-state index in [9.17, 15) is 5.21 Å². The molecule has 0 bridgehead atoms. The predicted octanol–water partition coefficient (Wildman–Crippen LogP) is 4.86. The quantitative estimate of drug-likeness (QED) is 0.388. The Morgan fingerprint density at radius 1 is 0.750 bits per heavy atom. The number of para-hydroxylation sites is 1. The Kier molecular flexibility index (Phi) is 3.63. The summed E-state index contributed by atoms with van der Waals surface area (Å²) in [4.78, 5) is 4.57. The lowest BCUT2D eigenvalue weighted by atomic mass is 10.1. The zero-order chi connectivity index (χ0) is 16.5. The van der Waals surface area contributed by atoms with Gasteiger partial charge in [0.05, 0.1) is 10.9 Å². The molecule has 0 saturated carbocycles. The molecule has 1 heterocycles. The Morgan fingerprint density at radius 2 is 1.42 bits per heavy atom. The van der Waals surface area contributed by atoms with E-state index < -0.39 is 0 Å². The van der Waals surface area contributed by atoms with Crippen LogP contribution >= 0.6 is 11.6 Å². The molecule has 0 aliphatic heterocycles. The molecule has 116 valence electrons. The van der Waals surface area contributed by atoms with Gasteiger partial charge in [0.25, 0.3) is 0 Å². The van der Waals surface area contributed by atoms with Gasteiger partial charge >= 0.3 is 5.82 Å². The van der Waals surface area contributed by atoms with Crippen molar-refractivity contribution in [3.8, 4) is 22.6 Å². The minimum absolute atomic E-state index is 0.365. The van der Waals surface area contributed by atoms with Gasteiger partial charge < -0.3 is 5.21 Å². The molecule has 24 heavy (non-hydrogen) atoms. The van der Waals surface area contributed by atoms with Gasteiger partial charge in [0.15, 0.2) is 5.52 Å². The van der Waals surface area contributed by atoms with Gasteiger partial charge in [0.2, 0.25) is 0 Å². The lowest BCUT2D eigenvalue weighted by Crippen LogP contribution is -2.33. The Hall–Kier alpha value is -2.91. The summed E-state index contributed by atoms with van der Waals surface area (Å²) in [5, 5.41) is 14.5. The predicted molar refractivity (Wildman–Crippen MR) is 96.6 cm³/mol. The van der Waals surface area contributed by atoms with E-state index in [-0.39, 0.29) is 0 Å². The van der Waals surface area contributed by atoms with Crippen LogP contribution in [-0.4, -0.2) is 4.98 Å². The highest BCUT2D eigenvalue weighted by Gasteiger charge is 2.20. The molecule has 0 radical (unpaired) electrons. The first kappa shape index (κ1) is 14.7. The number of fused-ring (bicyclic) bond motifs is 1. The molecule has 0 amide bonds. The van der Waals surface area contributed by atoms with Gasteiger partial charge in [-0.3, -0.25) is 0 Å². The third kappa shape index (κ3) is 2.49. The fourth-order valence-corrected chi connectivity index (χ4v) is 2.92. The molecule has 3 nitrogen and oxygen atoms in total. The fourth-order valence-electron chi connectivity index (χ4n) is 2.80. The molecule has 1 aromatic heterocycles. The number of halogens is 1. The van der Waals surface area contributed by atoms with Gasteiger partial charge in [-0.15, -0.1) is 0 Å². The second kappa shape index (κ2) is 5.95. The van der Waals surface area contributed by atoms with Gasteiger partial charge in [-0.2, -0.15) is 0 Å². The van der Waals surface area contributed by atoms with E-state index >= 15 is 0 Å². The topological polar surface area (TPSA) is 39.8 Å². The van der Waals surface area contributed by atoms with Crippen LogP contribution in [0.3, 0.4) is 0 Å². The molecular weight excluding hydrogens is 320 g/mol. The van der Waals surface area contributed by atoms with Gasteiger partial charge in [-0.05, 0) is 41.4 Å². The van der Waals surface area contributed by atoms with Gasteiger partial charge in [-0.1, -0.05) is 54.1 Å². The normalized spacial score (nSPS) is 10.9. The molecule has 4 rings (SSSR count). The average molecular weight is 333 g/mol. The summed E-state index contributed by atoms with van der Waals surface area (Å²) < 4.78 is 0.904. The summed E-state index contributed by atoms with van der Waals surface area (Å²) >= 11 is 5.96. The molecule has 0 aliphatic carbocycles. The second-order valence-electron chi connectivity index (χ2n) is 5.47. The number of rotatable bonds is 2. The smallest absolute Gasteiger partial charge is 0.334 e. The standard InChI is InChI=1S/C20H13ClN2O/c21-16-12-10-15(11-13-16)20-22-18-9-5-4-8-17(18)19(23(20)24)14-6-2-1-3-7-14/h1-13H. The fraction of sp³-hybridized carbons (Fsp3) is 0. The van der Waals surface area contributed by atoms with E-state index in [2.05, 4.69) is 4.98 Å². The monoisotopic (exact) mass is 332 g/mol. The second-order valence-corrected chi connectivity index (χ2v) is 5.90. The zero-order valence-electron chi connectivity index (χ0n) is 12.7. The van der Waals surface area contributed by atoms with E-state index in [1.54, 1.807) is 12.1 Å². The van der Waals surface area contributed by atoms with Gasteiger partial charge in [-0.25, -0.2) is 4.73 Å². The number of aromatic nitrogens is 2. The summed E-state index contributed by atoms with van der Waals surface area (Å²) in [6, 6.07) is 24.5. The highest BCUT2D eigenvalue weighted by molar-refractivity contribution is 6.30. The maximum absolute atomic E-state index is 13.1. The average Bonchev–Trinajstić information content (AvgIpc) is 2.63. The summed E-state index contributed by atoms with van der Waals surface area (Å²) in [6.45, 7) is 0. The maximum atomic E-state index is 13.1. The highest BCUT2D eigenvalue weighted by atomic mass is 35.5. The first-order valence-electron chi connectivity index (χ1n) is 7.58. The Labute approximate surface area is 144 Å². The van der Waals surface area contributed by atoms with Crippen molar-refractivity contribution >= 4 is 22.5 Å². The number of hydrogen-bond acceptors (Lipinski definition) is 2. The van der Waals surface area contributed by atoms with Crippen LogP contribution in [0, 0.1) is 5.21 Å². The van der Waals surface area contributed by atoms with Crippen LogP contribution in [0.15, 0.2) is 78.9 Å². The van der Waals surface area contributed by atoms with E-state index in [1.807, 2.05) is 66.7 Å². The Morgan fingerprint density at radius 3 is 2.17 bits per heavy atom. The Balaban J connectivity index is 2.06. The molecule has 0 saturated heterocycles. The maximum Gasteiger partial charge on any atom is 0.334 e. The van der Waals surface area contributed by atoms with Crippen molar-refractivity contribution in [2.45, 2.75) is 0 Å². The molecule has 4 aromatic rings. The lowest BCUT2D eigenvalue weighted by Gasteiger charge is -2.14. The van der Waals surface area contributed by atoms with Crippen LogP contribution in [0.25, 0.3) is 33.5 Å². The van der Waals surface area contributed by atoms with Crippen molar-refractivity contribution in [2.75, 3.05) is 0 Å². The van der Waals surface area contributed by atoms with Gasteiger partial charge in [0.1, 0.15) is 5.69 Å². The number of nitrogens with zero attached hydrogens (tertiary/aromatic N) is 2. The van der Waals surface area contributed by atoms with Crippen molar-refractivity contribution in [3.63, 3.8) is 0 Å². The summed E-state index contributed by atoms with van der Waals surface area (Å²) in [7, 11) is 0. The molecule has 0 spiro atoms. The first-order chi connectivity index (χ1) is 11.7. The third-order valence-corrected chi connectivity index (χ3v) is 4.18. The highest BCUT2D eigenvalue weighted by Crippen LogP contribution is 2.27. The van der Waals surface area contributed by atoms with Crippen molar-refractivity contribution in [1.29, 1.82) is 0 Å². The van der Waals surface area contributed by atoms with E-state index in [0.717, 1.165) is 26.8 Å². The van der Waals surface area contributed by atoms with Crippen LogP contribution in [0.1, 0.15) is 0 Å². The molecule has 0 aliphatic rings. The van der Waals surface area contributed by atoms with E-state index in [4.69, 9.17) is 11.6 Å². The van der Waals surface area contributed by atoms with Gasteiger partial charge in [0, 0.05) is 10.6 Å². The van der Waals surface area contributed by atoms with Crippen molar-refractivity contribution in [2.24, 2.45) is 0 Å². The number of benzene rings is 3. The molecule has 0 atom stereocenters. The largest absolute Gasteiger partial charge is 0.710 e. The molecule has 0 unspecified atom stereocenters. The van der Waals surface area contributed by atoms with Crippen molar-refractivity contribution in [1.82, 2.24) is 4.98 Å². The van der Waals surface area contributed by atoms with Crippen LogP contribution in [0.5, 0.6) is 0 Å². The zero-order valence-corrected chi connectivity index (χ0v) is 13.4. The van der Waals surface area contributed by atoms with E-state index in [0.29, 0.717) is 16.5 Å². The van der Waals surface area contributed by atoms with E-state index in [1.165, 1.54) is 0 Å². The number of hydrogen-bond donors (Lipinski definition) is 0. The molecule has 0 fully saturated rings. The summed E-state index contributed by atoms with van der Waals surface area (Å²) in [5.74, 6) is 0.365. The summed E-state index contributed by atoms with van der Waals surface area (Å²) in [5.41, 5.74) is 2.98. The molecule has 0 N–H and O–H groups in total. The van der Waals surface area contributed by atoms with Crippen LogP contribution in [0.4, 0.5) is 0 Å². The van der Waals surface area contributed by atoms with Crippen LogP contribution in [0.2, 0.25) is 5.02 Å². The van der Waals surface area contributed by atoms with Crippen molar-refractivity contribution < 1.29 is 4.73 Å². The minimum Gasteiger partial charge on any atom is -0.710 e. The molecule has 4 heteroatoms. The SMILES string of the molecule is [O-][n+]1c(-c2ccc(Cl)cc2)nc2ccccc2c1-c1ccccc1. The summed E-state index contributed by atoms with van der Waals surface area (Å²) in [6.07, 6.45) is 0.